The lowest BCUT2D eigenvalue weighted by Gasteiger charge is -2.30. The number of nitrogens with zero attached hydrogens (tertiary/aromatic N) is 3. The first-order valence-corrected chi connectivity index (χ1v) is 14.4. The van der Waals surface area contributed by atoms with E-state index in [0.717, 1.165) is 21.0 Å². The number of benzene rings is 3. The molecule has 2 heterocycles. The van der Waals surface area contributed by atoms with Gasteiger partial charge in [-0.1, -0.05) is 47.7 Å². The highest BCUT2D eigenvalue weighted by Crippen LogP contribution is 2.37. The molecule has 0 aliphatic carbocycles. The van der Waals surface area contributed by atoms with Crippen LogP contribution in [0.5, 0.6) is 0 Å². The molecule has 0 spiro atoms. The van der Waals surface area contributed by atoms with E-state index in [0.29, 0.717) is 54.2 Å². The fourth-order valence-electron chi connectivity index (χ4n) is 4.37. The summed E-state index contributed by atoms with van der Waals surface area (Å²) in [7, 11) is 0. The van der Waals surface area contributed by atoms with Gasteiger partial charge >= 0.3 is 0 Å². The van der Waals surface area contributed by atoms with Crippen LogP contribution in [0.3, 0.4) is 0 Å². The average Bonchev–Trinajstić information content (AvgIpc) is 3.22. The Morgan fingerprint density at radius 1 is 1.10 bits per heavy atom. The van der Waals surface area contributed by atoms with Crippen LogP contribution in [-0.2, 0) is 14.3 Å². The number of morpholine rings is 1. The number of carbonyl (C=O) groups is 3. The zero-order chi connectivity index (χ0) is 28.9. The number of imide groups is 1. The highest BCUT2D eigenvalue weighted by Gasteiger charge is 2.36. The van der Waals surface area contributed by atoms with Crippen LogP contribution < -0.4 is 10.2 Å². The summed E-state index contributed by atoms with van der Waals surface area (Å²) in [6.45, 7) is 4.05. The molecule has 3 aromatic carbocycles. The van der Waals surface area contributed by atoms with Crippen LogP contribution in [0.25, 0.3) is 6.08 Å². The van der Waals surface area contributed by atoms with Crippen molar-refractivity contribution in [2.45, 2.75) is 16.7 Å². The summed E-state index contributed by atoms with van der Waals surface area (Å²) >= 11 is 1.97. The van der Waals surface area contributed by atoms with Gasteiger partial charge in [0.1, 0.15) is 6.54 Å². The van der Waals surface area contributed by atoms with Crippen molar-refractivity contribution in [1.82, 2.24) is 4.90 Å². The molecule has 210 valence electrons. The molecule has 2 saturated heterocycles. The minimum atomic E-state index is -0.627. The number of ether oxygens (including phenoxy) is 1. The number of nitro benzene ring substituents is 1. The molecule has 12 heteroatoms. The number of carbonyl (C=O) groups excluding carboxylic acids is 3. The van der Waals surface area contributed by atoms with Crippen molar-refractivity contribution in [2.75, 3.05) is 43.1 Å². The van der Waals surface area contributed by atoms with E-state index < -0.39 is 28.5 Å². The Bertz CT molecular complexity index is 1540. The van der Waals surface area contributed by atoms with Crippen LogP contribution in [0, 0.1) is 17.0 Å². The topological polar surface area (TPSA) is 122 Å². The molecule has 5 rings (SSSR count). The van der Waals surface area contributed by atoms with Crippen LogP contribution in [0.1, 0.15) is 11.1 Å². The second-order valence-electron chi connectivity index (χ2n) is 9.33. The molecule has 3 aromatic rings. The van der Waals surface area contributed by atoms with Gasteiger partial charge in [0, 0.05) is 24.1 Å². The third-order valence-corrected chi connectivity index (χ3v) is 8.41. The molecule has 0 unspecified atom stereocenters. The number of para-hydroxylation sites is 2. The first-order valence-electron chi connectivity index (χ1n) is 12.8. The van der Waals surface area contributed by atoms with Crippen LogP contribution in [0.15, 0.2) is 81.4 Å². The fourth-order valence-corrected chi connectivity index (χ4v) is 6.11. The first kappa shape index (κ1) is 28.4. The van der Waals surface area contributed by atoms with Crippen LogP contribution in [0.2, 0.25) is 0 Å². The molecule has 2 aliphatic heterocycles. The van der Waals surface area contributed by atoms with Gasteiger partial charge in [-0.2, -0.15) is 0 Å². The molecular formula is C29H26N4O6S2. The van der Waals surface area contributed by atoms with Gasteiger partial charge in [-0.3, -0.25) is 29.4 Å². The minimum Gasteiger partial charge on any atom is -0.378 e. The van der Waals surface area contributed by atoms with Gasteiger partial charge in [-0.05, 0) is 60.7 Å². The van der Waals surface area contributed by atoms with Gasteiger partial charge < -0.3 is 15.0 Å². The average molecular weight is 591 g/mol. The maximum Gasteiger partial charge on any atom is 0.294 e. The van der Waals surface area contributed by atoms with Crippen LogP contribution in [-0.4, -0.2) is 59.7 Å². The summed E-state index contributed by atoms with van der Waals surface area (Å²) < 4.78 is 5.41. The summed E-state index contributed by atoms with van der Waals surface area (Å²) in [6.07, 6.45) is 1.43. The number of amides is 3. The molecular weight excluding hydrogens is 564 g/mol. The molecule has 0 saturated carbocycles. The van der Waals surface area contributed by atoms with Gasteiger partial charge in [-0.15, -0.1) is 0 Å². The van der Waals surface area contributed by atoms with E-state index in [9.17, 15) is 24.5 Å². The highest BCUT2D eigenvalue weighted by molar-refractivity contribution is 8.18. The SMILES string of the molecule is Cc1ccc(Sc2ccc(C=C3SC(=O)N(CC(=O)Nc4ccccc4N4CCOCC4)C3=O)cc2[N+](=O)[O-])cc1. The van der Waals surface area contributed by atoms with E-state index in [4.69, 9.17) is 4.74 Å². The molecule has 0 bridgehead atoms. The van der Waals surface area contributed by atoms with Crippen LogP contribution in [0.4, 0.5) is 21.9 Å². The largest absolute Gasteiger partial charge is 0.378 e. The van der Waals surface area contributed by atoms with Crippen LogP contribution >= 0.6 is 23.5 Å². The molecule has 1 N–H and O–H groups in total. The monoisotopic (exact) mass is 590 g/mol. The quantitative estimate of drug-likeness (QED) is 0.204. The zero-order valence-corrected chi connectivity index (χ0v) is 23.7. The summed E-state index contributed by atoms with van der Waals surface area (Å²) in [5.41, 5.74) is 2.80. The number of nitro groups is 1. The molecule has 41 heavy (non-hydrogen) atoms. The molecule has 10 nitrogen and oxygen atoms in total. The standard InChI is InChI=1S/C29H26N4O6S2/c1-19-6-9-21(10-7-19)40-25-11-8-20(16-24(25)33(37)38)17-26-28(35)32(29(36)41-26)18-27(34)30-22-4-2-3-5-23(22)31-12-14-39-15-13-31/h2-11,16-17H,12-15,18H2,1H3,(H,30,34). The van der Waals surface area contributed by atoms with Crippen molar-refractivity contribution in [2.24, 2.45) is 0 Å². The van der Waals surface area contributed by atoms with E-state index in [1.807, 2.05) is 43.3 Å². The summed E-state index contributed by atoms with van der Waals surface area (Å²) in [4.78, 5) is 54.3. The van der Waals surface area contributed by atoms with Gasteiger partial charge in [-0.25, -0.2) is 0 Å². The Labute approximate surface area is 244 Å². The van der Waals surface area contributed by atoms with Crippen molar-refractivity contribution >= 4 is 63.7 Å². The Balaban J connectivity index is 1.28. The normalized spacial score (nSPS) is 16.4. The molecule has 0 aromatic heterocycles. The summed E-state index contributed by atoms with van der Waals surface area (Å²) in [6, 6.07) is 19.6. The third kappa shape index (κ3) is 6.79. The number of thioether (sulfide) groups is 1. The van der Waals surface area contributed by atoms with E-state index in [1.165, 1.54) is 23.9 Å². The van der Waals surface area contributed by atoms with E-state index in [1.54, 1.807) is 24.3 Å². The predicted molar refractivity (Wildman–Crippen MR) is 159 cm³/mol. The van der Waals surface area contributed by atoms with Gasteiger partial charge in [0.15, 0.2) is 0 Å². The Morgan fingerprint density at radius 3 is 2.56 bits per heavy atom. The smallest absolute Gasteiger partial charge is 0.294 e. The molecule has 0 radical (unpaired) electrons. The summed E-state index contributed by atoms with van der Waals surface area (Å²) in [5, 5.41) is 14.0. The number of aryl methyl sites for hydroxylation is 1. The van der Waals surface area contributed by atoms with Crippen molar-refractivity contribution in [3.05, 3.63) is 92.9 Å². The highest BCUT2D eigenvalue weighted by atomic mass is 32.2. The number of nitrogens with one attached hydrogen (secondary N) is 1. The van der Waals surface area contributed by atoms with Crippen molar-refractivity contribution in [3.8, 4) is 0 Å². The molecule has 3 amide bonds. The van der Waals surface area contributed by atoms with E-state index in [-0.39, 0.29) is 10.6 Å². The second kappa shape index (κ2) is 12.6. The van der Waals surface area contributed by atoms with Gasteiger partial charge in [0.25, 0.3) is 16.8 Å². The van der Waals surface area contributed by atoms with E-state index in [2.05, 4.69) is 10.2 Å². The maximum atomic E-state index is 13.1. The zero-order valence-electron chi connectivity index (χ0n) is 22.1. The number of anilines is 2. The molecule has 0 atom stereocenters. The maximum absolute atomic E-state index is 13.1. The van der Waals surface area contributed by atoms with Crippen molar-refractivity contribution in [1.29, 1.82) is 0 Å². The minimum absolute atomic E-state index is 0.0877. The lowest BCUT2D eigenvalue weighted by molar-refractivity contribution is -0.387. The second-order valence-corrected chi connectivity index (χ2v) is 11.4. The van der Waals surface area contributed by atoms with Crippen molar-refractivity contribution < 1.29 is 24.0 Å². The molecule has 2 fully saturated rings. The Kier molecular flexibility index (Phi) is 8.72. The Morgan fingerprint density at radius 2 is 1.83 bits per heavy atom. The van der Waals surface area contributed by atoms with Gasteiger partial charge in [0.05, 0.1) is 39.3 Å². The van der Waals surface area contributed by atoms with Crippen molar-refractivity contribution in [3.63, 3.8) is 0 Å². The van der Waals surface area contributed by atoms with E-state index >= 15 is 0 Å². The fraction of sp³-hybridized carbons (Fsp3) is 0.207. The molecule has 2 aliphatic rings. The Hall–Kier alpha value is -4.13. The lowest BCUT2D eigenvalue weighted by Crippen LogP contribution is -2.38. The number of hydrogen-bond donors (Lipinski definition) is 1. The number of hydrogen-bond acceptors (Lipinski definition) is 9. The lowest BCUT2D eigenvalue weighted by atomic mass is 10.2. The summed E-state index contributed by atoms with van der Waals surface area (Å²) in [5.74, 6) is -1.14. The first-order chi connectivity index (χ1) is 19.8. The van der Waals surface area contributed by atoms with Gasteiger partial charge in [0.2, 0.25) is 5.91 Å². The number of rotatable bonds is 8. The predicted octanol–water partition coefficient (Wildman–Crippen LogP) is 5.57. The third-order valence-electron chi connectivity index (χ3n) is 6.43.